The average Bonchev–Trinajstić information content (AvgIpc) is 2.60. The highest BCUT2D eigenvalue weighted by Crippen LogP contribution is 2.30. The Bertz CT molecular complexity index is 749. The number of rotatable bonds is 4. The van der Waals surface area contributed by atoms with Gasteiger partial charge in [-0.05, 0) is 35.9 Å². The van der Waals surface area contributed by atoms with Crippen molar-refractivity contribution >= 4 is 23.7 Å². The van der Waals surface area contributed by atoms with E-state index >= 15 is 0 Å². The lowest BCUT2D eigenvalue weighted by Gasteiger charge is -2.26. The second kappa shape index (κ2) is 7.75. The number of fused-ring (bicyclic) bond motifs is 1. The first-order valence-corrected chi connectivity index (χ1v) is 7.93. The van der Waals surface area contributed by atoms with Gasteiger partial charge in [0.1, 0.15) is 6.61 Å². The molecule has 6 heteroatoms. The first-order chi connectivity index (χ1) is 11.7. The molecule has 1 aliphatic heterocycles. The van der Waals surface area contributed by atoms with E-state index in [-0.39, 0.29) is 12.1 Å². The molecule has 2 N–H and O–H groups in total. The molecule has 2 aromatic rings. The Morgan fingerprint density at radius 1 is 1.21 bits per heavy atom. The van der Waals surface area contributed by atoms with Crippen LogP contribution in [0, 0.1) is 0 Å². The van der Waals surface area contributed by atoms with Crippen LogP contribution in [0.3, 0.4) is 0 Å². The molecular formula is C18H17ClN2O3. The van der Waals surface area contributed by atoms with Crippen molar-refractivity contribution in [2.24, 2.45) is 0 Å². The van der Waals surface area contributed by atoms with Gasteiger partial charge < -0.3 is 20.1 Å². The fourth-order valence-corrected chi connectivity index (χ4v) is 2.44. The van der Waals surface area contributed by atoms with Gasteiger partial charge in [-0.3, -0.25) is 0 Å². The number of urea groups is 1. The zero-order valence-corrected chi connectivity index (χ0v) is 13.6. The van der Waals surface area contributed by atoms with Crippen molar-refractivity contribution in [3.8, 4) is 11.5 Å². The zero-order valence-electron chi connectivity index (χ0n) is 12.9. The number of halogens is 1. The summed E-state index contributed by atoms with van der Waals surface area (Å²) in [6.07, 6.45) is 3.11. The number of ether oxygens (including phenoxy) is 2. The van der Waals surface area contributed by atoms with E-state index in [4.69, 9.17) is 21.1 Å². The van der Waals surface area contributed by atoms with Crippen molar-refractivity contribution in [2.75, 3.05) is 13.2 Å². The zero-order chi connectivity index (χ0) is 16.8. The Morgan fingerprint density at radius 2 is 2.04 bits per heavy atom. The summed E-state index contributed by atoms with van der Waals surface area (Å²) in [5.41, 5.74) is 0.906. The molecule has 0 aliphatic carbocycles. The van der Waals surface area contributed by atoms with E-state index in [1.807, 2.05) is 42.5 Å². The SMILES string of the molecule is O=C(N/C=C/c1cccc(Cl)c1)NCC1COc2ccccc2O1. The average molecular weight is 345 g/mol. The van der Waals surface area contributed by atoms with Crippen molar-refractivity contribution in [3.05, 3.63) is 65.3 Å². The summed E-state index contributed by atoms with van der Waals surface area (Å²) in [5.74, 6) is 1.42. The topological polar surface area (TPSA) is 59.6 Å². The van der Waals surface area contributed by atoms with Crippen LogP contribution in [0.15, 0.2) is 54.7 Å². The highest BCUT2D eigenvalue weighted by molar-refractivity contribution is 6.30. The summed E-state index contributed by atoms with van der Waals surface area (Å²) in [7, 11) is 0. The van der Waals surface area contributed by atoms with Gasteiger partial charge in [-0.2, -0.15) is 0 Å². The maximum absolute atomic E-state index is 11.8. The Labute approximate surface area is 145 Å². The molecule has 0 saturated carbocycles. The van der Waals surface area contributed by atoms with E-state index in [2.05, 4.69) is 10.6 Å². The van der Waals surface area contributed by atoms with Crippen LogP contribution in [0.25, 0.3) is 6.08 Å². The minimum absolute atomic E-state index is 0.220. The summed E-state index contributed by atoms with van der Waals surface area (Å²) in [5, 5.41) is 6.04. The van der Waals surface area contributed by atoms with Crippen molar-refractivity contribution in [1.29, 1.82) is 0 Å². The first kappa shape index (κ1) is 16.2. The Morgan fingerprint density at radius 3 is 2.88 bits per heavy atom. The third kappa shape index (κ3) is 4.43. The minimum Gasteiger partial charge on any atom is -0.486 e. The van der Waals surface area contributed by atoms with E-state index in [1.165, 1.54) is 0 Å². The summed E-state index contributed by atoms with van der Waals surface area (Å²) in [6.45, 7) is 0.751. The number of hydrogen-bond acceptors (Lipinski definition) is 3. The lowest BCUT2D eigenvalue weighted by molar-refractivity contribution is 0.0919. The third-order valence-electron chi connectivity index (χ3n) is 3.40. The molecule has 0 spiro atoms. The molecule has 2 aromatic carbocycles. The van der Waals surface area contributed by atoms with Crippen LogP contribution in [-0.4, -0.2) is 25.3 Å². The van der Waals surface area contributed by atoms with Crippen LogP contribution in [0.2, 0.25) is 5.02 Å². The van der Waals surface area contributed by atoms with Crippen LogP contribution < -0.4 is 20.1 Å². The molecule has 24 heavy (non-hydrogen) atoms. The smallest absolute Gasteiger partial charge is 0.318 e. The molecule has 1 aliphatic rings. The quantitative estimate of drug-likeness (QED) is 0.893. The van der Waals surface area contributed by atoms with Gasteiger partial charge >= 0.3 is 6.03 Å². The first-order valence-electron chi connectivity index (χ1n) is 7.56. The molecule has 0 saturated heterocycles. The number of para-hydroxylation sites is 2. The van der Waals surface area contributed by atoms with Crippen LogP contribution in [0.1, 0.15) is 5.56 Å². The van der Waals surface area contributed by atoms with Crippen molar-refractivity contribution in [3.63, 3.8) is 0 Å². The molecule has 1 unspecified atom stereocenters. The number of carbonyl (C=O) groups excluding carboxylic acids is 1. The number of amides is 2. The fraction of sp³-hybridized carbons (Fsp3) is 0.167. The van der Waals surface area contributed by atoms with E-state index in [1.54, 1.807) is 18.3 Å². The number of hydrogen-bond donors (Lipinski definition) is 2. The van der Waals surface area contributed by atoms with Gasteiger partial charge in [0.2, 0.25) is 0 Å². The maximum Gasteiger partial charge on any atom is 0.318 e. The maximum atomic E-state index is 11.8. The Balaban J connectivity index is 1.43. The fourth-order valence-electron chi connectivity index (χ4n) is 2.25. The normalized spacial score (nSPS) is 16.0. The van der Waals surface area contributed by atoms with Crippen LogP contribution >= 0.6 is 11.6 Å². The summed E-state index contributed by atoms with van der Waals surface area (Å²) >= 11 is 5.90. The van der Waals surface area contributed by atoms with E-state index in [0.717, 1.165) is 11.3 Å². The second-order valence-electron chi connectivity index (χ2n) is 5.24. The minimum atomic E-state index is -0.310. The molecule has 3 rings (SSSR count). The van der Waals surface area contributed by atoms with Gasteiger partial charge in [0.05, 0.1) is 6.54 Å². The van der Waals surface area contributed by atoms with Gasteiger partial charge in [0.15, 0.2) is 17.6 Å². The van der Waals surface area contributed by atoms with Crippen LogP contribution in [0.4, 0.5) is 4.79 Å². The van der Waals surface area contributed by atoms with Gasteiger partial charge in [0, 0.05) is 11.2 Å². The molecule has 2 amide bonds. The molecule has 1 atom stereocenters. The van der Waals surface area contributed by atoms with Gasteiger partial charge in [-0.15, -0.1) is 0 Å². The number of benzene rings is 2. The van der Waals surface area contributed by atoms with E-state index in [0.29, 0.717) is 23.9 Å². The summed E-state index contributed by atoms with van der Waals surface area (Å²) < 4.78 is 11.4. The lowest BCUT2D eigenvalue weighted by Crippen LogP contribution is -2.43. The van der Waals surface area contributed by atoms with Crippen LogP contribution in [-0.2, 0) is 0 Å². The predicted octanol–water partition coefficient (Wildman–Crippen LogP) is 3.45. The van der Waals surface area contributed by atoms with Gasteiger partial charge in [-0.25, -0.2) is 4.79 Å². The Kier molecular flexibility index (Phi) is 5.23. The second-order valence-corrected chi connectivity index (χ2v) is 5.68. The molecule has 0 radical (unpaired) electrons. The highest BCUT2D eigenvalue weighted by atomic mass is 35.5. The van der Waals surface area contributed by atoms with Crippen LogP contribution in [0.5, 0.6) is 11.5 Å². The third-order valence-corrected chi connectivity index (χ3v) is 3.63. The monoisotopic (exact) mass is 344 g/mol. The summed E-state index contributed by atoms with van der Waals surface area (Å²) in [6, 6.07) is 14.5. The molecule has 0 bridgehead atoms. The lowest BCUT2D eigenvalue weighted by atomic mass is 10.2. The highest BCUT2D eigenvalue weighted by Gasteiger charge is 2.20. The summed E-state index contributed by atoms with van der Waals surface area (Å²) in [4.78, 5) is 11.8. The molecule has 0 fully saturated rings. The molecule has 124 valence electrons. The molecule has 0 aromatic heterocycles. The van der Waals surface area contributed by atoms with E-state index < -0.39 is 0 Å². The molecular weight excluding hydrogens is 328 g/mol. The molecule has 1 heterocycles. The predicted molar refractivity (Wildman–Crippen MR) is 93.4 cm³/mol. The molecule has 5 nitrogen and oxygen atoms in total. The largest absolute Gasteiger partial charge is 0.486 e. The van der Waals surface area contributed by atoms with Crippen molar-refractivity contribution in [1.82, 2.24) is 10.6 Å². The van der Waals surface area contributed by atoms with Crippen molar-refractivity contribution in [2.45, 2.75) is 6.10 Å². The van der Waals surface area contributed by atoms with Crippen molar-refractivity contribution < 1.29 is 14.3 Å². The van der Waals surface area contributed by atoms with Gasteiger partial charge in [0.25, 0.3) is 0 Å². The standard InChI is InChI=1S/C18H17ClN2O3/c19-14-5-3-4-13(10-14)8-9-20-18(22)21-11-15-12-23-16-6-1-2-7-17(16)24-15/h1-10,15H,11-12H2,(H2,20,21,22)/b9-8+. The van der Waals surface area contributed by atoms with Gasteiger partial charge in [-0.1, -0.05) is 35.9 Å². The number of carbonyl (C=O) groups is 1. The van der Waals surface area contributed by atoms with E-state index in [9.17, 15) is 4.79 Å². The number of nitrogens with one attached hydrogen (secondary N) is 2. The Hall–Kier alpha value is -2.66.